The highest BCUT2D eigenvalue weighted by molar-refractivity contribution is 8.04. The van der Waals surface area contributed by atoms with Crippen molar-refractivity contribution in [3.63, 3.8) is 0 Å². The molecule has 0 bridgehead atoms. The van der Waals surface area contributed by atoms with E-state index in [-0.39, 0.29) is 46.8 Å². The Morgan fingerprint density at radius 1 is 1.45 bits per heavy atom. The van der Waals surface area contributed by atoms with Crippen molar-refractivity contribution in [3.05, 3.63) is 23.3 Å². The Hall–Kier alpha value is -1.09. The van der Waals surface area contributed by atoms with Crippen molar-refractivity contribution in [3.8, 4) is 0 Å². The molecule has 8 heteroatoms. The molecular formula is C21H33NO5SSi. The number of hydrogen-bond donors (Lipinski definition) is 0. The number of ether oxygens (including phenoxy) is 2. The number of amides is 1. The summed E-state index contributed by atoms with van der Waals surface area (Å²) in [5, 5.41) is -0.0370. The number of nitrogens with zero attached hydrogens (tertiary/aromatic N) is 1. The van der Waals surface area contributed by atoms with Crippen LogP contribution < -0.4 is 0 Å². The fourth-order valence-electron chi connectivity index (χ4n) is 3.79. The zero-order valence-corrected chi connectivity index (χ0v) is 20.1. The maximum Gasteiger partial charge on any atom is 0.346 e. The first kappa shape index (κ1) is 22.6. The molecule has 3 heterocycles. The number of thioether (sulfide) groups is 1. The van der Waals surface area contributed by atoms with Gasteiger partial charge in [-0.3, -0.25) is 4.79 Å². The molecule has 0 saturated carbocycles. The fraction of sp³-hybridized carbons (Fsp3) is 0.714. The Morgan fingerprint density at radius 2 is 2.14 bits per heavy atom. The van der Waals surface area contributed by atoms with E-state index in [1.807, 2.05) is 6.92 Å². The number of rotatable bonds is 7. The van der Waals surface area contributed by atoms with Gasteiger partial charge in [-0.25, -0.2) is 4.79 Å². The van der Waals surface area contributed by atoms with Crippen LogP contribution in [0.1, 0.15) is 34.1 Å². The molecule has 0 aromatic carbocycles. The second kappa shape index (κ2) is 8.21. The predicted octanol–water partition coefficient (Wildman–Crippen LogP) is 3.91. The minimum atomic E-state index is -2.00. The van der Waals surface area contributed by atoms with E-state index in [0.717, 1.165) is 12.1 Å². The molecule has 0 aromatic rings. The number of esters is 1. The number of β-lactam (4-membered cyclic amide) rings is 1. The molecule has 6 nitrogen and oxygen atoms in total. The standard InChI is InChI=1S/C21H33NO5SSi/c1-8-10-26-20(24)17-16(14-9-11-25-12-14)22-18(23)15(19(22)28-17)13(2)27-29(6,7)21(3,4)5/h8,13-15,19H,1,9-12H2,2-7H3/t13-,14-,15+,19+/m1/s1. The second-order valence-corrected chi connectivity index (χ2v) is 15.4. The van der Waals surface area contributed by atoms with Crippen molar-refractivity contribution in [2.75, 3.05) is 19.8 Å². The number of hydrogen-bond acceptors (Lipinski definition) is 6. The Kier molecular flexibility index (Phi) is 6.39. The maximum atomic E-state index is 13.2. The zero-order valence-electron chi connectivity index (χ0n) is 18.3. The van der Waals surface area contributed by atoms with Gasteiger partial charge in [-0.15, -0.1) is 0 Å². The molecular weight excluding hydrogens is 406 g/mol. The molecule has 0 aromatic heterocycles. The van der Waals surface area contributed by atoms with Gasteiger partial charge in [-0.05, 0) is 31.5 Å². The van der Waals surface area contributed by atoms with Crippen molar-refractivity contribution < 1.29 is 23.5 Å². The molecule has 4 atom stereocenters. The minimum Gasteiger partial charge on any atom is -0.457 e. The first-order valence-electron chi connectivity index (χ1n) is 10.3. The molecule has 3 aliphatic rings. The third-order valence-electron chi connectivity index (χ3n) is 6.44. The van der Waals surface area contributed by atoms with Gasteiger partial charge in [0.25, 0.3) is 0 Å². The summed E-state index contributed by atoms with van der Waals surface area (Å²) in [7, 11) is -2.00. The lowest BCUT2D eigenvalue weighted by molar-refractivity contribution is -0.152. The molecule has 0 radical (unpaired) electrons. The van der Waals surface area contributed by atoms with Gasteiger partial charge in [-0.1, -0.05) is 45.2 Å². The van der Waals surface area contributed by atoms with E-state index in [9.17, 15) is 9.59 Å². The lowest BCUT2D eigenvalue weighted by Gasteiger charge is -2.49. The van der Waals surface area contributed by atoms with Crippen LogP contribution in [0.25, 0.3) is 0 Å². The van der Waals surface area contributed by atoms with E-state index in [2.05, 4.69) is 40.4 Å². The van der Waals surface area contributed by atoms with Crippen LogP contribution in [0.3, 0.4) is 0 Å². The van der Waals surface area contributed by atoms with Crippen LogP contribution in [-0.2, 0) is 23.5 Å². The van der Waals surface area contributed by atoms with Crippen molar-refractivity contribution in [1.29, 1.82) is 0 Å². The second-order valence-electron chi connectivity index (χ2n) is 9.49. The van der Waals surface area contributed by atoms with Gasteiger partial charge in [0.1, 0.15) is 16.9 Å². The summed E-state index contributed by atoms with van der Waals surface area (Å²) in [6.45, 7) is 17.9. The van der Waals surface area contributed by atoms with Crippen LogP contribution in [-0.4, -0.2) is 56.4 Å². The first-order chi connectivity index (χ1) is 13.5. The Labute approximate surface area is 179 Å². The highest BCUT2D eigenvalue weighted by Crippen LogP contribution is 2.54. The van der Waals surface area contributed by atoms with Gasteiger partial charge in [-0.2, -0.15) is 0 Å². The van der Waals surface area contributed by atoms with E-state index < -0.39 is 8.32 Å². The van der Waals surface area contributed by atoms with E-state index in [1.165, 1.54) is 11.8 Å². The molecule has 0 unspecified atom stereocenters. The summed E-state index contributed by atoms with van der Waals surface area (Å²) in [5.74, 6) is -0.533. The molecule has 0 N–H and O–H groups in total. The molecule has 0 aliphatic carbocycles. The third kappa shape index (κ3) is 4.09. The summed E-state index contributed by atoms with van der Waals surface area (Å²) in [6, 6.07) is 0. The Bertz CT molecular complexity index is 723. The summed E-state index contributed by atoms with van der Waals surface area (Å²) in [6.07, 6.45) is 2.17. The fourth-order valence-corrected chi connectivity index (χ4v) is 6.81. The summed E-state index contributed by atoms with van der Waals surface area (Å²) < 4.78 is 17.3. The lowest BCUT2D eigenvalue weighted by Crippen LogP contribution is -2.62. The molecule has 0 spiro atoms. The third-order valence-corrected chi connectivity index (χ3v) is 12.4. The van der Waals surface area contributed by atoms with E-state index in [4.69, 9.17) is 13.9 Å². The van der Waals surface area contributed by atoms with Gasteiger partial charge in [0.15, 0.2) is 8.32 Å². The van der Waals surface area contributed by atoms with Crippen LogP contribution in [0.2, 0.25) is 18.1 Å². The average Bonchev–Trinajstić information content (AvgIpc) is 3.23. The van der Waals surface area contributed by atoms with E-state index in [1.54, 1.807) is 11.0 Å². The van der Waals surface area contributed by atoms with Gasteiger partial charge in [0, 0.05) is 18.2 Å². The monoisotopic (exact) mass is 439 g/mol. The lowest BCUT2D eigenvalue weighted by atomic mass is 9.89. The molecule has 3 rings (SSSR count). The van der Waals surface area contributed by atoms with Crippen LogP contribution in [0.15, 0.2) is 23.3 Å². The molecule has 2 saturated heterocycles. The zero-order chi connectivity index (χ0) is 21.6. The van der Waals surface area contributed by atoms with Gasteiger partial charge >= 0.3 is 5.97 Å². The number of fused-ring (bicyclic) bond motifs is 1. The quantitative estimate of drug-likeness (QED) is 0.259. The number of carbonyl (C=O) groups excluding carboxylic acids is 2. The summed E-state index contributed by atoms with van der Waals surface area (Å²) in [5.41, 5.74) is 0.785. The Balaban J connectivity index is 1.80. The van der Waals surface area contributed by atoms with E-state index in [0.29, 0.717) is 18.1 Å². The van der Waals surface area contributed by atoms with Crippen LogP contribution in [0.5, 0.6) is 0 Å². The van der Waals surface area contributed by atoms with Crippen LogP contribution >= 0.6 is 11.8 Å². The SMILES string of the molecule is C=CCOC(=O)C1=C([C@@H]2CCOC2)N2C(=O)[C@H]([C@@H](C)O[Si](C)(C)C(C)(C)C)[C@@H]2S1. The smallest absolute Gasteiger partial charge is 0.346 e. The Morgan fingerprint density at radius 3 is 2.69 bits per heavy atom. The van der Waals surface area contributed by atoms with Gasteiger partial charge < -0.3 is 18.8 Å². The predicted molar refractivity (Wildman–Crippen MR) is 117 cm³/mol. The topological polar surface area (TPSA) is 65.1 Å². The summed E-state index contributed by atoms with van der Waals surface area (Å²) >= 11 is 1.44. The van der Waals surface area contributed by atoms with Crippen LogP contribution in [0.4, 0.5) is 0 Å². The maximum absolute atomic E-state index is 13.2. The minimum absolute atomic E-state index is 0.0436. The first-order valence-corrected chi connectivity index (χ1v) is 14.1. The van der Waals surface area contributed by atoms with Crippen molar-refractivity contribution in [1.82, 2.24) is 4.90 Å². The number of carbonyl (C=O) groups is 2. The summed E-state index contributed by atoms with van der Waals surface area (Å²) in [4.78, 5) is 28.2. The van der Waals surface area contributed by atoms with E-state index >= 15 is 0 Å². The van der Waals surface area contributed by atoms with Crippen molar-refractivity contribution in [2.45, 2.75) is 63.7 Å². The average molecular weight is 440 g/mol. The highest BCUT2D eigenvalue weighted by atomic mass is 32.2. The molecule has 2 fully saturated rings. The molecule has 29 heavy (non-hydrogen) atoms. The van der Waals surface area contributed by atoms with Crippen molar-refractivity contribution in [2.24, 2.45) is 11.8 Å². The van der Waals surface area contributed by atoms with Gasteiger partial charge in [0.2, 0.25) is 5.91 Å². The molecule has 1 amide bonds. The highest BCUT2D eigenvalue weighted by Gasteiger charge is 2.59. The molecule has 162 valence electrons. The van der Waals surface area contributed by atoms with Gasteiger partial charge in [0.05, 0.1) is 18.6 Å². The van der Waals surface area contributed by atoms with Crippen LogP contribution in [0, 0.1) is 11.8 Å². The van der Waals surface area contributed by atoms with Crippen molar-refractivity contribution >= 4 is 32.0 Å². The largest absolute Gasteiger partial charge is 0.457 e. The normalized spacial score (nSPS) is 28.3. The molecule has 3 aliphatic heterocycles.